The van der Waals surface area contributed by atoms with E-state index in [9.17, 15) is 13.2 Å². The molecule has 1 aliphatic heterocycles. The Kier molecular flexibility index (Phi) is 6.27. The van der Waals surface area contributed by atoms with Gasteiger partial charge in [-0.3, -0.25) is 13.9 Å². The number of hydrogen-bond acceptors (Lipinski definition) is 4. The van der Waals surface area contributed by atoms with E-state index < -0.39 is 10.0 Å². The van der Waals surface area contributed by atoms with Crippen LogP contribution in [-0.2, 0) is 23.1 Å². The number of sulfonamides is 1. The maximum Gasteiger partial charge on any atom is 0.329 e. The number of aromatic nitrogens is 2. The number of anilines is 2. The molecule has 7 nitrogen and oxygen atoms in total. The first kappa shape index (κ1) is 22.7. The van der Waals surface area contributed by atoms with E-state index in [1.807, 2.05) is 19.9 Å². The van der Waals surface area contributed by atoms with Gasteiger partial charge in [-0.1, -0.05) is 11.6 Å². The first-order valence-corrected chi connectivity index (χ1v) is 12.9. The van der Waals surface area contributed by atoms with Gasteiger partial charge in [0, 0.05) is 31.2 Å². The van der Waals surface area contributed by atoms with Crippen molar-refractivity contribution >= 4 is 44.0 Å². The third-order valence-electron chi connectivity index (χ3n) is 6.14. The highest BCUT2D eigenvalue weighted by Crippen LogP contribution is 2.35. The van der Waals surface area contributed by atoms with Crippen molar-refractivity contribution in [3.63, 3.8) is 0 Å². The van der Waals surface area contributed by atoms with Crippen molar-refractivity contribution in [1.82, 2.24) is 9.13 Å². The van der Waals surface area contributed by atoms with Crippen molar-refractivity contribution in [3.8, 4) is 0 Å². The minimum atomic E-state index is -3.85. The van der Waals surface area contributed by atoms with Gasteiger partial charge in [0.1, 0.15) is 0 Å². The summed E-state index contributed by atoms with van der Waals surface area (Å²) in [7, 11) is -3.85. The molecule has 1 aliphatic rings. The van der Waals surface area contributed by atoms with E-state index in [1.165, 1.54) is 6.07 Å². The van der Waals surface area contributed by atoms with E-state index in [0.717, 1.165) is 49.1 Å². The Labute approximate surface area is 193 Å². The Hall–Kier alpha value is -2.45. The third-order valence-corrected chi connectivity index (χ3v) is 7.90. The average molecular weight is 477 g/mol. The lowest BCUT2D eigenvalue weighted by Gasteiger charge is -2.31. The molecule has 1 fully saturated rings. The topological polar surface area (TPSA) is 76.3 Å². The maximum absolute atomic E-state index is 13.3. The molecular formula is C23H29ClN4O3S. The molecule has 0 aliphatic carbocycles. The molecular weight excluding hydrogens is 448 g/mol. The van der Waals surface area contributed by atoms with Crippen LogP contribution in [0.3, 0.4) is 0 Å². The molecule has 172 valence electrons. The first-order chi connectivity index (χ1) is 15.3. The Morgan fingerprint density at radius 2 is 1.59 bits per heavy atom. The lowest BCUT2D eigenvalue weighted by molar-refractivity contribution is 0.578. The van der Waals surface area contributed by atoms with E-state index in [4.69, 9.17) is 11.6 Å². The molecule has 1 aromatic heterocycles. The summed E-state index contributed by atoms with van der Waals surface area (Å²) in [6.07, 6.45) is 3.27. The summed E-state index contributed by atoms with van der Waals surface area (Å²) in [6, 6.07) is 8.51. The summed E-state index contributed by atoms with van der Waals surface area (Å²) in [6.45, 7) is 8.35. The maximum atomic E-state index is 13.3. The van der Waals surface area contributed by atoms with Crippen LogP contribution in [0.25, 0.3) is 11.0 Å². The van der Waals surface area contributed by atoms with E-state index >= 15 is 0 Å². The minimum Gasteiger partial charge on any atom is -0.370 e. The lowest BCUT2D eigenvalue weighted by Crippen LogP contribution is -2.30. The second-order valence-corrected chi connectivity index (χ2v) is 10.3. The van der Waals surface area contributed by atoms with Gasteiger partial charge in [0.05, 0.1) is 27.3 Å². The molecule has 4 rings (SSSR count). The zero-order valence-corrected chi connectivity index (χ0v) is 20.3. The van der Waals surface area contributed by atoms with Crippen LogP contribution in [0.5, 0.6) is 0 Å². The quantitative estimate of drug-likeness (QED) is 0.564. The predicted molar refractivity (Wildman–Crippen MR) is 131 cm³/mol. The fourth-order valence-corrected chi connectivity index (χ4v) is 6.07. The van der Waals surface area contributed by atoms with Crippen LogP contribution in [0.4, 0.5) is 11.4 Å². The number of rotatable bonds is 6. The Balaban J connectivity index is 1.90. The molecule has 2 heterocycles. The molecule has 3 aromatic rings. The van der Waals surface area contributed by atoms with Crippen LogP contribution >= 0.6 is 11.6 Å². The summed E-state index contributed by atoms with van der Waals surface area (Å²) in [5, 5.41) is 0.491. The summed E-state index contributed by atoms with van der Waals surface area (Å²) in [5.41, 5.74) is 3.35. The predicted octanol–water partition coefficient (Wildman–Crippen LogP) is 4.60. The Bertz CT molecular complexity index is 1320. The normalized spacial score (nSPS) is 14.8. The van der Waals surface area contributed by atoms with Gasteiger partial charge in [-0.25, -0.2) is 13.2 Å². The monoisotopic (exact) mass is 476 g/mol. The van der Waals surface area contributed by atoms with Crippen LogP contribution in [0.15, 0.2) is 40.0 Å². The fraction of sp³-hybridized carbons (Fsp3) is 0.435. The molecule has 1 saturated heterocycles. The van der Waals surface area contributed by atoms with Crippen molar-refractivity contribution in [3.05, 3.63) is 51.4 Å². The Morgan fingerprint density at radius 3 is 2.19 bits per heavy atom. The minimum absolute atomic E-state index is 0.0804. The highest BCUT2D eigenvalue weighted by Gasteiger charge is 2.24. The number of aryl methyl sites for hydroxylation is 3. The van der Waals surface area contributed by atoms with Crippen LogP contribution < -0.4 is 15.3 Å². The molecule has 0 atom stereocenters. The average Bonchev–Trinajstić information content (AvgIpc) is 3.02. The number of piperidine rings is 1. The van der Waals surface area contributed by atoms with Gasteiger partial charge in [0.15, 0.2) is 0 Å². The first-order valence-electron chi connectivity index (χ1n) is 11.1. The van der Waals surface area contributed by atoms with Gasteiger partial charge >= 0.3 is 5.69 Å². The molecule has 0 bridgehead atoms. The second kappa shape index (κ2) is 8.83. The van der Waals surface area contributed by atoms with Crippen molar-refractivity contribution in [2.24, 2.45) is 0 Å². The smallest absolute Gasteiger partial charge is 0.329 e. The number of hydrogen-bond donors (Lipinski definition) is 1. The summed E-state index contributed by atoms with van der Waals surface area (Å²) in [5.74, 6) is 0. The number of benzene rings is 2. The standard InChI is InChI=1S/C23H29ClN4O3S/c1-4-27-20-14-18(25-32(30,31)22-10-9-17(24)13-16(22)3)19(26-11-7-6-8-12-26)15-21(20)28(5-2)23(27)29/h9-10,13-15,25H,4-8,11-12H2,1-3H3. The van der Waals surface area contributed by atoms with Crippen molar-refractivity contribution in [1.29, 1.82) is 0 Å². The lowest BCUT2D eigenvalue weighted by atomic mass is 10.1. The van der Waals surface area contributed by atoms with Crippen molar-refractivity contribution in [2.75, 3.05) is 22.7 Å². The number of nitrogens with zero attached hydrogens (tertiary/aromatic N) is 3. The molecule has 1 N–H and O–H groups in total. The van der Waals surface area contributed by atoms with E-state index in [2.05, 4.69) is 9.62 Å². The van der Waals surface area contributed by atoms with Crippen molar-refractivity contribution in [2.45, 2.75) is 58.0 Å². The molecule has 9 heteroatoms. The number of imidazole rings is 1. The number of nitrogens with one attached hydrogen (secondary N) is 1. The number of halogens is 1. The summed E-state index contributed by atoms with van der Waals surface area (Å²) >= 11 is 6.03. The van der Waals surface area contributed by atoms with Crippen LogP contribution in [0, 0.1) is 6.92 Å². The van der Waals surface area contributed by atoms with Gasteiger partial charge in [-0.15, -0.1) is 0 Å². The zero-order chi connectivity index (χ0) is 23.0. The van der Waals surface area contributed by atoms with E-state index in [1.54, 1.807) is 34.3 Å². The third kappa shape index (κ3) is 4.01. The Morgan fingerprint density at radius 1 is 0.969 bits per heavy atom. The van der Waals surface area contributed by atoms with Gasteiger partial charge in [-0.05, 0) is 75.9 Å². The summed E-state index contributed by atoms with van der Waals surface area (Å²) < 4.78 is 32.9. The van der Waals surface area contributed by atoms with Gasteiger partial charge in [0.25, 0.3) is 10.0 Å². The van der Waals surface area contributed by atoms with Gasteiger partial charge in [0.2, 0.25) is 0 Å². The van der Waals surface area contributed by atoms with Crippen LogP contribution in [0.1, 0.15) is 38.7 Å². The fourth-order valence-electron chi connectivity index (χ4n) is 4.55. The molecule has 0 amide bonds. The molecule has 32 heavy (non-hydrogen) atoms. The largest absolute Gasteiger partial charge is 0.370 e. The summed E-state index contributed by atoms with van der Waals surface area (Å²) in [4.78, 5) is 15.3. The molecule has 2 aromatic carbocycles. The number of fused-ring (bicyclic) bond motifs is 1. The zero-order valence-electron chi connectivity index (χ0n) is 18.7. The van der Waals surface area contributed by atoms with Crippen LogP contribution in [0.2, 0.25) is 5.02 Å². The molecule has 0 radical (unpaired) electrons. The van der Waals surface area contributed by atoms with E-state index in [-0.39, 0.29) is 10.6 Å². The molecule has 0 saturated carbocycles. The van der Waals surface area contributed by atoms with Gasteiger partial charge in [-0.2, -0.15) is 0 Å². The van der Waals surface area contributed by atoms with Crippen molar-refractivity contribution < 1.29 is 8.42 Å². The molecule has 0 unspecified atom stereocenters. The SMILES string of the molecule is CCn1c(=O)n(CC)c2cc(N3CCCCC3)c(NS(=O)(=O)c3ccc(Cl)cc3C)cc21. The highest BCUT2D eigenvalue weighted by atomic mass is 35.5. The van der Waals surface area contributed by atoms with E-state index in [0.29, 0.717) is 29.4 Å². The second-order valence-electron chi connectivity index (χ2n) is 8.19. The molecule has 0 spiro atoms. The van der Waals surface area contributed by atoms with Crippen LogP contribution in [-0.4, -0.2) is 30.6 Å². The van der Waals surface area contributed by atoms with Gasteiger partial charge < -0.3 is 4.90 Å². The highest BCUT2D eigenvalue weighted by molar-refractivity contribution is 7.92.